The Bertz CT molecular complexity index is 496. The molecule has 5 heteroatoms. The number of thioether (sulfide) groups is 1. The molecule has 0 saturated carbocycles. The van der Waals surface area contributed by atoms with Gasteiger partial charge in [0, 0.05) is 4.90 Å². The zero-order valence-corrected chi connectivity index (χ0v) is 10.0. The predicted octanol–water partition coefficient (Wildman–Crippen LogP) is 1.79. The molecule has 0 amide bonds. The molecule has 0 spiro atoms. The summed E-state index contributed by atoms with van der Waals surface area (Å²) in [5, 5.41) is 17.0. The van der Waals surface area contributed by atoms with Gasteiger partial charge in [0.2, 0.25) is 0 Å². The van der Waals surface area contributed by atoms with Crippen LogP contribution >= 0.6 is 11.8 Å². The molecule has 2 rings (SSSR count). The first-order valence-corrected chi connectivity index (χ1v) is 6.15. The van der Waals surface area contributed by atoms with E-state index in [2.05, 4.69) is 10.3 Å². The van der Waals surface area contributed by atoms with Crippen molar-refractivity contribution in [2.24, 2.45) is 0 Å². The molecule has 84 valence electrons. The molecule has 1 aromatic carbocycles. The van der Waals surface area contributed by atoms with Gasteiger partial charge in [0.1, 0.15) is 5.69 Å². The van der Waals surface area contributed by atoms with Crippen LogP contribution in [0, 0.1) is 6.92 Å². The van der Waals surface area contributed by atoms with Gasteiger partial charge in [-0.25, -0.2) is 4.68 Å². The molecule has 1 heterocycles. The van der Waals surface area contributed by atoms with Gasteiger partial charge < -0.3 is 5.11 Å². The fourth-order valence-corrected chi connectivity index (χ4v) is 1.95. The molecule has 16 heavy (non-hydrogen) atoms. The van der Waals surface area contributed by atoms with Crippen molar-refractivity contribution in [1.82, 2.24) is 15.0 Å². The molecule has 0 aliphatic heterocycles. The Hall–Kier alpha value is -1.33. The van der Waals surface area contributed by atoms with Crippen molar-refractivity contribution >= 4 is 11.8 Å². The first-order valence-electron chi connectivity index (χ1n) is 4.92. The molecule has 0 aliphatic rings. The summed E-state index contributed by atoms with van der Waals surface area (Å²) in [5.74, 6) is 0. The first kappa shape index (κ1) is 11.2. The van der Waals surface area contributed by atoms with Crippen LogP contribution in [0.4, 0.5) is 0 Å². The Balaban J connectivity index is 2.45. The van der Waals surface area contributed by atoms with E-state index in [9.17, 15) is 0 Å². The Morgan fingerprint density at radius 2 is 2.25 bits per heavy atom. The molecule has 0 saturated heterocycles. The van der Waals surface area contributed by atoms with E-state index in [0.717, 1.165) is 11.4 Å². The van der Waals surface area contributed by atoms with E-state index in [1.807, 2.05) is 37.4 Å². The summed E-state index contributed by atoms with van der Waals surface area (Å²) < 4.78 is 1.74. The monoisotopic (exact) mass is 235 g/mol. The maximum absolute atomic E-state index is 9.06. The van der Waals surface area contributed by atoms with Gasteiger partial charge in [0.05, 0.1) is 18.0 Å². The number of aliphatic hydroxyl groups is 1. The average molecular weight is 235 g/mol. The van der Waals surface area contributed by atoms with Crippen LogP contribution in [0.1, 0.15) is 11.4 Å². The van der Waals surface area contributed by atoms with Crippen molar-refractivity contribution in [3.8, 4) is 5.69 Å². The van der Waals surface area contributed by atoms with Crippen LogP contribution in [-0.4, -0.2) is 26.4 Å². The van der Waals surface area contributed by atoms with Crippen molar-refractivity contribution in [2.45, 2.75) is 18.4 Å². The number of rotatable bonds is 3. The summed E-state index contributed by atoms with van der Waals surface area (Å²) in [6, 6.07) is 8.06. The van der Waals surface area contributed by atoms with Crippen LogP contribution in [0.3, 0.4) is 0 Å². The molecule has 4 nitrogen and oxygen atoms in total. The van der Waals surface area contributed by atoms with Crippen LogP contribution in [0.25, 0.3) is 5.69 Å². The maximum atomic E-state index is 9.06. The third kappa shape index (κ3) is 1.96. The lowest BCUT2D eigenvalue weighted by Gasteiger charge is -2.04. The van der Waals surface area contributed by atoms with Crippen molar-refractivity contribution in [3.05, 3.63) is 35.7 Å². The van der Waals surface area contributed by atoms with Crippen LogP contribution in [0.5, 0.6) is 0 Å². The molecule has 0 fully saturated rings. The molecule has 1 N–H and O–H groups in total. The molecule has 0 radical (unpaired) electrons. The Kier molecular flexibility index (Phi) is 3.26. The highest BCUT2D eigenvalue weighted by Gasteiger charge is 2.08. The first-order chi connectivity index (χ1) is 7.76. The molecular formula is C11H13N3OS. The van der Waals surface area contributed by atoms with E-state index < -0.39 is 0 Å². The number of hydrogen-bond acceptors (Lipinski definition) is 4. The smallest absolute Gasteiger partial charge is 0.111 e. The number of nitrogens with zero attached hydrogens (tertiary/aromatic N) is 3. The number of benzene rings is 1. The van der Waals surface area contributed by atoms with Crippen LogP contribution in [-0.2, 0) is 6.61 Å². The molecule has 0 unspecified atom stereocenters. The third-order valence-electron chi connectivity index (χ3n) is 2.44. The van der Waals surface area contributed by atoms with Gasteiger partial charge in [-0.2, -0.15) is 0 Å². The van der Waals surface area contributed by atoms with Gasteiger partial charge in [-0.1, -0.05) is 11.3 Å². The minimum absolute atomic E-state index is 0.0753. The van der Waals surface area contributed by atoms with E-state index >= 15 is 0 Å². The molecule has 0 bridgehead atoms. The minimum atomic E-state index is -0.0753. The van der Waals surface area contributed by atoms with E-state index in [0.29, 0.717) is 5.69 Å². The molecule has 2 aromatic rings. The van der Waals surface area contributed by atoms with Gasteiger partial charge in [-0.3, -0.25) is 0 Å². The maximum Gasteiger partial charge on any atom is 0.111 e. The summed E-state index contributed by atoms with van der Waals surface area (Å²) in [6.07, 6.45) is 2.03. The standard InChI is InChI=1S/C11H13N3OS/c1-8-11(7-15)12-13-14(8)9-4-3-5-10(6-9)16-2/h3-6,15H,7H2,1-2H3. The van der Waals surface area contributed by atoms with Crippen LogP contribution < -0.4 is 0 Å². The Labute approximate surface area is 98.3 Å². The summed E-state index contributed by atoms with van der Waals surface area (Å²) in [4.78, 5) is 1.18. The second-order valence-electron chi connectivity index (χ2n) is 3.39. The fraction of sp³-hybridized carbons (Fsp3) is 0.273. The lowest BCUT2D eigenvalue weighted by atomic mass is 10.3. The second kappa shape index (κ2) is 4.67. The van der Waals surface area contributed by atoms with E-state index in [1.54, 1.807) is 16.4 Å². The minimum Gasteiger partial charge on any atom is -0.390 e. The number of aromatic nitrogens is 3. The number of hydrogen-bond donors (Lipinski definition) is 1. The lowest BCUT2D eigenvalue weighted by Crippen LogP contribution is -1.99. The molecule has 0 aliphatic carbocycles. The Morgan fingerprint density at radius 1 is 1.44 bits per heavy atom. The van der Waals surface area contributed by atoms with Gasteiger partial charge >= 0.3 is 0 Å². The van der Waals surface area contributed by atoms with Crippen molar-refractivity contribution < 1.29 is 5.11 Å². The zero-order chi connectivity index (χ0) is 11.5. The van der Waals surface area contributed by atoms with Crippen LogP contribution in [0.15, 0.2) is 29.2 Å². The quantitative estimate of drug-likeness (QED) is 0.824. The van der Waals surface area contributed by atoms with E-state index in [1.165, 1.54) is 4.90 Å². The topological polar surface area (TPSA) is 50.9 Å². The summed E-state index contributed by atoms with van der Waals surface area (Å²) in [7, 11) is 0. The zero-order valence-electron chi connectivity index (χ0n) is 9.21. The summed E-state index contributed by atoms with van der Waals surface area (Å²) >= 11 is 1.69. The fourth-order valence-electron chi connectivity index (χ4n) is 1.49. The highest BCUT2D eigenvalue weighted by Crippen LogP contribution is 2.19. The highest BCUT2D eigenvalue weighted by molar-refractivity contribution is 7.98. The summed E-state index contributed by atoms with van der Waals surface area (Å²) in [5.41, 5.74) is 2.46. The number of aliphatic hydroxyl groups excluding tert-OH is 1. The van der Waals surface area contributed by atoms with Crippen molar-refractivity contribution in [2.75, 3.05) is 6.26 Å². The Morgan fingerprint density at radius 3 is 2.88 bits per heavy atom. The van der Waals surface area contributed by atoms with E-state index in [-0.39, 0.29) is 6.61 Å². The lowest BCUT2D eigenvalue weighted by molar-refractivity contribution is 0.276. The van der Waals surface area contributed by atoms with Crippen molar-refractivity contribution in [1.29, 1.82) is 0 Å². The average Bonchev–Trinajstić information content (AvgIpc) is 2.70. The highest BCUT2D eigenvalue weighted by atomic mass is 32.2. The molecule has 1 aromatic heterocycles. The molecular weight excluding hydrogens is 222 g/mol. The van der Waals surface area contributed by atoms with Crippen molar-refractivity contribution in [3.63, 3.8) is 0 Å². The van der Waals surface area contributed by atoms with Gasteiger partial charge in [-0.15, -0.1) is 16.9 Å². The van der Waals surface area contributed by atoms with E-state index in [4.69, 9.17) is 5.11 Å². The van der Waals surface area contributed by atoms with Gasteiger partial charge in [0.25, 0.3) is 0 Å². The summed E-state index contributed by atoms with van der Waals surface area (Å²) in [6.45, 7) is 1.82. The molecule has 0 atom stereocenters. The SMILES string of the molecule is CSc1cccc(-n2nnc(CO)c2C)c1. The predicted molar refractivity (Wildman–Crippen MR) is 63.8 cm³/mol. The third-order valence-corrected chi connectivity index (χ3v) is 3.16. The largest absolute Gasteiger partial charge is 0.390 e. The van der Waals surface area contributed by atoms with Gasteiger partial charge in [0.15, 0.2) is 0 Å². The van der Waals surface area contributed by atoms with Crippen LogP contribution in [0.2, 0.25) is 0 Å². The normalized spacial score (nSPS) is 10.7. The second-order valence-corrected chi connectivity index (χ2v) is 4.27. The van der Waals surface area contributed by atoms with Gasteiger partial charge in [-0.05, 0) is 31.4 Å².